The highest BCUT2D eigenvalue weighted by atomic mass is 32.2. The summed E-state index contributed by atoms with van der Waals surface area (Å²) >= 11 is 0. The molecule has 3 aromatic rings. The fourth-order valence-corrected chi connectivity index (χ4v) is 4.85. The van der Waals surface area contributed by atoms with Gasteiger partial charge in [0.2, 0.25) is 5.91 Å². The van der Waals surface area contributed by atoms with Gasteiger partial charge >= 0.3 is 0 Å². The van der Waals surface area contributed by atoms with Crippen LogP contribution in [0.2, 0.25) is 0 Å². The van der Waals surface area contributed by atoms with E-state index >= 15 is 0 Å². The third kappa shape index (κ3) is 2.52. The molecule has 0 saturated carbocycles. The summed E-state index contributed by atoms with van der Waals surface area (Å²) in [4.78, 5) is 12.6. The molecule has 0 atom stereocenters. The molecule has 1 aliphatic rings. The molecule has 0 bridgehead atoms. The van der Waals surface area contributed by atoms with E-state index in [1.54, 1.807) is 31.2 Å². The molecule has 1 aliphatic heterocycles. The fraction of sp³-hybridized carbons (Fsp3) is 0.105. The molecular weight excluding hydrogens is 355 g/mol. The molecule has 26 heavy (non-hydrogen) atoms. The number of aryl methyl sites for hydroxylation is 1. The number of rotatable bonds is 3. The highest BCUT2D eigenvalue weighted by molar-refractivity contribution is 7.93. The average Bonchev–Trinajstić information content (AvgIpc) is 2.82. The lowest BCUT2D eigenvalue weighted by Crippen LogP contribution is -2.35. The van der Waals surface area contributed by atoms with Crippen LogP contribution in [0, 0.1) is 12.7 Å². The van der Waals surface area contributed by atoms with E-state index in [-0.39, 0.29) is 10.6 Å². The van der Waals surface area contributed by atoms with E-state index in [1.807, 2.05) is 12.1 Å². The van der Waals surface area contributed by atoms with E-state index in [9.17, 15) is 17.6 Å². The Balaban J connectivity index is 1.68. The molecular formula is C19H15FN2O3S. The predicted octanol–water partition coefficient (Wildman–Crippen LogP) is 3.43. The largest absolute Gasteiger partial charge is 0.322 e. The number of halogens is 1. The first-order chi connectivity index (χ1) is 12.4. The Labute approximate surface area is 150 Å². The quantitative estimate of drug-likeness (QED) is 0.768. The summed E-state index contributed by atoms with van der Waals surface area (Å²) in [6, 6.07) is 14.6. The Kier molecular flexibility index (Phi) is 3.69. The fourth-order valence-electron chi connectivity index (χ4n) is 3.18. The molecule has 5 nitrogen and oxygen atoms in total. The second-order valence-electron chi connectivity index (χ2n) is 6.17. The van der Waals surface area contributed by atoms with Crippen LogP contribution in [0.15, 0.2) is 59.5 Å². The maximum atomic E-state index is 13.8. The van der Waals surface area contributed by atoms with Gasteiger partial charge in [0.05, 0.1) is 16.3 Å². The van der Waals surface area contributed by atoms with Crippen molar-refractivity contribution in [1.29, 1.82) is 0 Å². The van der Waals surface area contributed by atoms with Gasteiger partial charge in [0.1, 0.15) is 12.4 Å². The molecule has 3 aromatic carbocycles. The van der Waals surface area contributed by atoms with Crippen molar-refractivity contribution in [3.8, 4) is 0 Å². The monoisotopic (exact) mass is 370 g/mol. The van der Waals surface area contributed by atoms with Gasteiger partial charge in [0, 0.05) is 5.39 Å². The van der Waals surface area contributed by atoms with Crippen molar-refractivity contribution in [3.05, 3.63) is 66.0 Å². The third-order valence-electron chi connectivity index (χ3n) is 4.36. The molecule has 132 valence electrons. The molecule has 1 heterocycles. The third-order valence-corrected chi connectivity index (χ3v) is 6.17. The smallest absolute Gasteiger partial charge is 0.265 e. The van der Waals surface area contributed by atoms with Crippen LogP contribution >= 0.6 is 0 Å². The molecule has 0 aliphatic carbocycles. The van der Waals surface area contributed by atoms with E-state index in [4.69, 9.17) is 0 Å². The van der Waals surface area contributed by atoms with Crippen molar-refractivity contribution >= 4 is 38.1 Å². The van der Waals surface area contributed by atoms with Crippen molar-refractivity contribution in [2.24, 2.45) is 0 Å². The van der Waals surface area contributed by atoms with Gasteiger partial charge in [-0.05, 0) is 42.1 Å². The number of carbonyl (C=O) groups excluding carboxylic acids is 1. The molecule has 4 rings (SSSR count). The summed E-state index contributed by atoms with van der Waals surface area (Å²) in [5.41, 5.74) is 1.27. The first kappa shape index (κ1) is 16.5. The van der Waals surface area contributed by atoms with Crippen molar-refractivity contribution in [2.45, 2.75) is 11.8 Å². The van der Waals surface area contributed by atoms with E-state index in [2.05, 4.69) is 5.32 Å². The first-order valence-corrected chi connectivity index (χ1v) is 9.42. The maximum absolute atomic E-state index is 13.8. The van der Waals surface area contributed by atoms with E-state index in [0.29, 0.717) is 11.1 Å². The molecule has 1 amide bonds. The van der Waals surface area contributed by atoms with Crippen molar-refractivity contribution < 1.29 is 17.6 Å². The second kappa shape index (κ2) is 5.81. The molecule has 0 fully saturated rings. The van der Waals surface area contributed by atoms with Gasteiger partial charge in [-0.1, -0.05) is 30.3 Å². The minimum Gasteiger partial charge on any atom is -0.322 e. The van der Waals surface area contributed by atoms with Crippen LogP contribution in [0.1, 0.15) is 5.56 Å². The zero-order chi connectivity index (χ0) is 18.5. The Morgan fingerprint density at radius 1 is 1.12 bits per heavy atom. The molecule has 0 radical (unpaired) electrons. The standard InChI is InChI=1S/C19H15FN2O3S/c1-12-8-9-14(20)15(10-12)21-18(23)11-22-16-6-2-4-13-5-3-7-17(19(13)16)26(22,24)25/h2-10H,11H2,1H3,(H,21,23). The molecule has 0 spiro atoms. The highest BCUT2D eigenvalue weighted by Crippen LogP contribution is 2.41. The SMILES string of the molecule is Cc1ccc(F)c(NC(=O)CN2c3cccc4cccc(c34)S2(=O)=O)c1. The summed E-state index contributed by atoms with van der Waals surface area (Å²) in [5.74, 6) is -1.18. The predicted molar refractivity (Wildman–Crippen MR) is 98.2 cm³/mol. The summed E-state index contributed by atoms with van der Waals surface area (Å²) in [6.07, 6.45) is 0. The Bertz CT molecular complexity index is 1150. The second-order valence-corrected chi connectivity index (χ2v) is 8.01. The lowest BCUT2D eigenvalue weighted by Gasteiger charge is -2.18. The van der Waals surface area contributed by atoms with Crippen LogP contribution in [0.5, 0.6) is 0 Å². The van der Waals surface area contributed by atoms with Crippen LogP contribution < -0.4 is 9.62 Å². The zero-order valence-corrected chi connectivity index (χ0v) is 14.7. The normalized spacial score (nSPS) is 14.6. The molecule has 0 saturated heterocycles. The van der Waals surface area contributed by atoms with Gasteiger partial charge in [0.15, 0.2) is 0 Å². The van der Waals surface area contributed by atoms with E-state index < -0.39 is 28.3 Å². The van der Waals surface area contributed by atoms with Crippen molar-refractivity contribution in [3.63, 3.8) is 0 Å². The molecule has 0 aromatic heterocycles. The van der Waals surface area contributed by atoms with E-state index in [0.717, 1.165) is 15.3 Å². The van der Waals surface area contributed by atoms with Crippen LogP contribution in [-0.2, 0) is 14.8 Å². The van der Waals surface area contributed by atoms with Gasteiger partial charge < -0.3 is 5.32 Å². The lowest BCUT2D eigenvalue weighted by molar-refractivity contribution is -0.114. The topological polar surface area (TPSA) is 66.5 Å². The summed E-state index contributed by atoms with van der Waals surface area (Å²) in [6.45, 7) is 1.35. The number of amides is 1. The van der Waals surface area contributed by atoms with Gasteiger partial charge in [0.25, 0.3) is 10.0 Å². The Morgan fingerprint density at radius 3 is 2.62 bits per heavy atom. The van der Waals surface area contributed by atoms with Gasteiger partial charge in [-0.2, -0.15) is 0 Å². The summed E-state index contributed by atoms with van der Waals surface area (Å²) < 4.78 is 40.6. The molecule has 1 N–H and O–H groups in total. The number of hydrogen-bond donors (Lipinski definition) is 1. The van der Waals surface area contributed by atoms with Crippen LogP contribution in [0.4, 0.5) is 15.8 Å². The first-order valence-electron chi connectivity index (χ1n) is 7.98. The van der Waals surface area contributed by atoms with Crippen LogP contribution in [-0.4, -0.2) is 20.9 Å². The van der Waals surface area contributed by atoms with Crippen molar-refractivity contribution in [2.75, 3.05) is 16.2 Å². The molecule has 7 heteroatoms. The number of nitrogens with one attached hydrogen (secondary N) is 1. The molecule has 0 unspecified atom stereocenters. The van der Waals surface area contributed by atoms with Gasteiger partial charge in [-0.15, -0.1) is 0 Å². The average molecular weight is 370 g/mol. The number of nitrogens with zero attached hydrogens (tertiary/aromatic N) is 1. The maximum Gasteiger partial charge on any atom is 0.265 e. The van der Waals surface area contributed by atoms with Gasteiger partial charge in [-0.25, -0.2) is 12.8 Å². The van der Waals surface area contributed by atoms with Crippen LogP contribution in [0.3, 0.4) is 0 Å². The zero-order valence-electron chi connectivity index (χ0n) is 13.9. The highest BCUT2D eigenvalue weighted by Gasteiger charge is 2.36. The van der Waals surface area contributed by atoms with Gasteiger partial charge in [-0.3, -0.25) is 9.10 Å². The summed E-state index contributed by atoms with van der Waals surface area (Å²) in [7, 11) is -3.83. The Morgan fingerprint density at radius 2 is 1.85 bits per heavy atom. The number of hydrogen-bond acceptors (Lipinski definition) is 3. The Hall–Kier alpha value is -2.93. The van der Waals surface area contributed by atoms with Crippen molar-refractivity contribution in [1.82, 2.24) is 0 Å². The minimum absolute atomic E-state index is 0.0299. The van der Waals surface area contributed by atoms with E-state index in [1.165, 1.54) is 18.2 Å². The number of anilines is 2. The lowest BCUT2D eigenvalue weighted by atomic mass is 10.1. The number of carbonyl (C=O) groups is 1. The number of sulfonamides is 1. The van der Waals surface area contributed by atoms with Crippen LogP contribution in [0.25, 0.3) is 10.8 Å². The number of benzene rings is 3. The summed E-state index contributed by atoms with van der Waals surface area (Å²) in [5, 5.41) is 3.84. The minimum atomic E-state index is -3.83.